The van der Waals surface area contributed by atoms with E-state index in [1.54, 1.807) is 0 Å². The van der Waals surface area contributed by atoms with Crippen molar-refractivity contribution in [1.82, 2.24) is 5.32 Å². The van der Waals surface area contributed by atoms with Gasteiger partial charge in [0.15, 0.2) is 0 Å². The average molecular weight is 246 g/mol. The molecule has 16 heavy (non-hydrogen) atoms. The van der Waals surface area contributed by atoms with E-state index in [1.807, 2.05) is 0 Å². The zero-order valence-corrected chi connectivity index (χ0v) is 11.2. The summed E-state index contributed by atoms with van der Waals surface area (Å²) in [4.78, 5) is 11.5. The Hall–Kier alpha value is -0.240. The molecule has 0 spiro atoms. The third kappa shape index (κ3) is 5.74. The number of hydrogen-bond acceptors (Lipinski definition) is 1. The summed E-state index contributed by atoms with van der Waals surface area (Å²) in [6, 6.07) is 0. The molecule has 1 aliphatic rings. The number of alkyl halides is 1. The highest BCUT2D eigenvalue weighted by molar-refractivity contribution is 6.20. The van der Waals surface area contributed by atoms with Crippen LogP contribution in [0.25, 0.3) is 0 Å². The zero-order chi connectivity index (χ0) is 12.0. The Morgan fingerprint density at radius 1 is 1.31 bits per heavy atom. The van der Waals surface area contributed by atoms with Gasteiger partial charge >= 0.3 is 0 Å². The van der Waals surface area contributed by atoms with Gasteiger partial charge in [-0.3, -0.25) is 4.79 Å². The highest BCUT2D eigenvalue weighted by Crippen LogP contribution is 2.26. The second-order valence-corrected chi connectivity index (χ2v) is 5.97. The van der Waals surface area contributed by atoms with Crippen molar-refractivity contribution < 1.29 is 4.79 Å². The first-order valence-corrected chi connectivity index (χ1v) is 6.92. The van der Waals surface area contributed by atoms with Crippen LogP contribution in [0.2, 0.25) is 0 Å². The van der Waals surface area contributed by atoms with Gasteiger partial charge in [-0.2, -0.15) is 0 Å². The van der Waals surface area contributed by atoms with Crippen molar-refractivity contribution in [2.45, 2.75) is 57.7 Å². The van der Waals surface area contributed by atoms with E-state index in [0.717, 1.165) is 25.8 Å². The van der Waals surface area contributed by atoms with E-state index in [4.69, 9.17) is 11.6 Å². The fourth-order valence-corrected chi connectivity index (χ4v) is 2.34. The summed E-state index contributed by atoms with van der Waals surface area (Å²) in [5.41, 5.74) is 0. The summed E-state index contributed by atoms with van der Waals surface area (Å²) in [6.07, 6.45) is 6.20. The molecule has 94 valence electrons. The smallest absolute Gasteiger partial charge is 0.220 e. The Kier molecular flexibility index (Phi) is 6.18. The van der Waals surface area contributed by atoms with E-state index in [0.29, 0.717) is 23.6 Å². The molecule has 1 N–H and O–H groups in total. The zero-order valence-electron chi connectivity index (χ0n) is 10.5. The first-order chi connectivity index (χ1) is 7.58. The standard InChI is InChI=1S/C13H24ClNO/c1-10(2)3-8-13(16)15-9-11-4-6-12(14)7-5-11/h10-12H,3-9H2,1-2H3,(H,15,16). The van der Waals surface area contributed by atoms with Crippen molar-refractivity contribution in [3.63, 3.8) is 0 Å². The number of carbonyl (C=O) groups is 1. The Morgan fingerprint density at radius 2 is 1.94 bits per heavy atom. The van der Waals surface area contributed by atoms with E-state index < -0.39 is 0 Å². The molecular weight excluding hydrogens is 222 g/mol. The second kappa shape index (κ2) is 7.16. The lowest BCUT2D eigenvalue weighted by Gasteiger charge is -2.25. The summed E-state index contributed by atoms with van der Waals surface area (Å²) in [7, 11) is 0. The molecule has 1 aliphatic carbocycles. The lowest BCUT2D eigenvalue weighted by atomic mass is 9.89. The highest BCUT2D eigenvalue weighted by Gasteiger charge is 2.19. The summed E-state index contributed by atoms with van der Waals surface area (Å²) >= 11 is 6.04. The largest absolute Gasteiger partial charge is 0.356 e. The van der Waals surface area contributed by atoms with Crippen molar-refractivity contribution in [3.8, 4) is 0 Å². The number of rotatable bonds is 5. The monoisotopic (exact) mass is 245 g/mol. The van der Waals surface area contributed by atoms with Crippen molar-refractivity contribution in [1.29, 1.82) is 0 Å². The van der Waals surface area contributed by atoms with Crippen LogP contribution in [0.15, 0.2) is 0 Å². The van der Waals surface area contributed by atoms with Crippen LogP contribution in [-0.2, 0) is 4.79 Å². The van der Waals surface area contributed by atoms with Gasteiger partial charge in [-0.1, -0.05) is 13.8 Å². The highest BCUT2D eigenvalue weighted by atomic mass is 35.5. The van der Waals surface area contributed by atoms with E-state index in [2.05, 4.69) is 19.2 Å². The second-order valence-electron chi connectivity index (χ2n) is 5.35. The van der Waals surface area contributed by atoms with Crippen LogP contribution in [0.4, 0.5) is 0 Å². The molecule has 3 heteroatoms. The summed E-state index contributed by atoms with van der Waals surface area (Å²) < 4.78 is 0. The molecule has 0 unspecified atom stereocenters. The van der Waals surface area contributed by atoms with Crippen LogP contribution in [0.5, 0.6) is 0 Å². The number of carbonyl (C=O) groups excluding carboxylic acids is 1. The molecule has 2 nitrogen and oxygen atoms in total. The first-order valence-electron chi connectivity index (χ1n) is 6.48. The van der Waals surface area contributed by atoms with E-state index in [1.165, 1.54) is 12.8 Å². The minimum Gasteiger partial charge on any atom is -0.356 e. The van der Waals surface area contributed by atoms with E-state index in [9.17, 15) is 4.79 Å². The topological polar surface area (TPSA) is 29.1 Å². The maximum absolute atomic E-state index is 11.5. The van der Waals surface area contributed by atoms with Crippen LogP contribution in [0, 0.1) is 11.8 Å². The Labute approximate surface area is 104 Å². The molecule has 1 rings (SSSR count). The minimum absolute atomic E-state index is 0.210. The Morgan fingerprint density at radius 3 is 2.50 bits per heavy atom. The molecule has 0 atom stereocenters. The quantitative estimate of drug-likeness (QED) is 0.740. The summed E-state index contributed by atoms with van der Waals surface area (Å²) in [5.74, 6) is 1.47. The Balaban J connectivity index is 2.07. The molecule has 0 saturated heterocycles. The Bertz CT molecular complexity index is 210. The molecule has 0 aromatic carbocycles. The van der Waals surface area contributed by atoms with Gasteiger partial charge in [0.1, 0.15) is 0 Å². The maximum Gasteiger partial charge on any atom is 0.220 e. The van der Waals surface area contributed by atoms with Crippen molar-refractivity contribution >= 4 is 17.5 Å². The van der Waals surface area contributed by atoms with Gasteiger partial charge in [-0.15, -0.1) is 11.6 Å². The number of hydrogen-bond donors (Lipinski definition) is 1. The van der Waals surface area contributed by atoms with Crippen LogP contribution >= 0.6 is 11.6 Å². The molecule has 0 aromatic heterocycles. The normalized spacial score (nSPS) is 25.8. The van der Waals surface area contributed by atoms with Gasteiger partial charge in [0.05, 0.1) is 0 Å². The molecular formula is C13H24ClNO. The van der Waals surface area contributed by atoms with E-state index >= 15 is 0 Å². The third-order valence-corrected chi connectivity index (χ3v) is 3.75. The van der Waals surface area contributed by atoms with Crippen LogP contribution in [-0.4, -0.2) is 17.8 Å². The molecule has 0 bridgehead atoms. The molecule has 0 aromatic rings. The van der Waals surface area contributed by atoms with Gasteiger partial charge in [0.2, 0.25) is 5.91 Å². The van der Waals surface area contributed by atoms with Gasteiger partial charge in [0, 0.05) is 18.3 Å². The van der Waals surface area contributed by atoms with Crippen molar-refractivity contribution in [2.75, 3.05) is 6.54 Å². The fraction of sp³-hybridized carbons (Fsp3) is 0.923. The van der Waals surface area contributed by atoms with Crippen LogP contribution < -0.4 is 5.32 Å². The lowest BCUT2D eigenvalue weighted by Crippen LogP contribution is -2.31. The third-order valence-electron chi connectivity index (χ3n) is 3.31. The van der Waals surface area contributed by atoms with Crippen LogP contribution in [0.3, 0.4) is 0 Å². The number of nitrogens with one attached hydrogen (secondary N) is 1. The molecule has 0 heterocycles. The number of halogens is 1. The first kappa shape index (κ1) is 13.8. The van der Waals surface area contributed by atoms with E-state index in [-0.39, 0.29) is 5.91 Å². The van der Waals surface area contributed by atoms with Gasteiger partial charge in [0.25, 0.3) is 0 Å². The lowest BCUT2D eigenvalue weighted by molar-refractivity contribution is -0.121. The molecule has 0 radical (unpaired) electrons. The minimum atomic E-state index is 0.210. The fourth-order valence-electron chi connectivity index (χ4n) is 2.09. The van der Waals surface area contributed by atoms with Crippen molar-refractivity contribution in [3.05, 3.63) is 0 Å². The SMILES string of the molecule is CC(C)CCC(=O)NCC1CCC(Cl)CC1. The number of amides is 1. The maximum atomic E-state index is 11.5. The van der Waals surface area contributed by atoms with Gasteiger partial charge in [-0.25, -0.2) is 0 Å². The van der Waals surface area contributed by atoms with Crippen molar-refractivity contribution in [2.24, 2.45) is 11.8 Å². The predicted molar refractivity (Wildman–Crippen MR) is 68.7 cm³/mol. The molecule has 1 amide bonds. The summed E-state index contributed by atoms with van der Waals surface area (Å²) in [6.45, 7) is 5.14. The molecule has 0 aliphatic heterocycles. The van der Waals surface area contributed by atoms with Crippen LogP contribution in [0.1, 0.15) is 52.4 Å². The van der Waals surface area contributed by atoms with Gasteiger partial charge in [-0.05, 0) is 43.9 Å². The van der Waals surface area contributed by atoms with Gasteiger partial charge < -0.3 is 5.32 Å². The summed E-state index contributed by atoms with van der Waals surface area (Å²) in [5, 5.41) is 3.41. The predicted octanol–water partition coefficient (Wildman–Crippen LogP) is 3.34. The molecule has 1 saturated carbocycles. The average Bonchev–Trinajstić information content (AvgIpc) is 2.25. The molecule has 1 fully saturated rings.